The molecule has 116 valence electrons. The Kier molecular flexibility index (Phi) is 5.29. The van der Waals surface area contributed by atoms with E-state index in [4.69, 9.17) is 9.84 Å². The van der Waals surface area contributed by atoms with Gasteiger partial charge in [-0.25, -0.2) is 9.18 Å². The number of amides is 1. The Morgan fingerprint density at radius 2 is 1.95 bits per heavy atom. The zero-order valence-corrected chi connectivity index (χ0v) is 12.5. The van der Waals surface area contributed by atoms with E-state index in [0.717, 1.165) is 6.07 Å². The van der Waals surface area contributed by atoms with E-state index in [1.165, 1.54) is 25.1 Å². The number of carbonyl (C=O) groups excluding carboxylic acids is 1. The number of ether oxygens (including phenoxy) is 1. The number of hydrogen-bond acceptors (Lipinski definition) is 3. The molecule has 1 rings (SSSR count). The molecule has 0 heterocycles. The third-order valence-corrected chi connectivity index (χ3v) is 2.88. The summed E-state index contributed by atoms with van der Waals surface area (Å²) in [6.45, 7) is 6.61. The Morgan fingerprint density at radius 3 is 2.43 bits per heavy atom. The highest BCUT2D eigenvalue weighted by Gasteiger charge is 2.33. The molecule has 6 heteroatoms. The predicted molar refractivity (Wildman–Crippen MR) is 75.5 cm³/mol. The number of carboxylic acids is 1. The van der Waals surface area contributed by atoms with Gasteiger partial charge in [-0.15, -0.1) is 0 Å². The molecular weight excluding hydrogens is 277 g/mol. The monoisotopic (exact) mass is 297 g/mol. The number of carbonyl (C=O) groups is 2. The fourth-order valence-corrected chi connectivity index (χ4v) is 1.71. The summed E-state index contributed by atoms with van der Waals surface area (Å²) in [6.07, 6.45) is -0.934. The second-order valence-electron chi connectivity index (χ2n) is 5.86. The van der Waals surface area contributed by atoms with Crippen molar-refractivity contribution in [2.24, 2.45) is 5.41 Å². The maximum Gasteiger partial charge on any atom is 0.326 e. The zero-order valence-electron chi connectivity index (χ0n) is 12.5. The maximum absolute atomic E-state index is 13.0. The molecule has 1 aromatic rings. The highest BCUT2D eigenvalue weighted by molar-refractivity contribution is 5.86. The standard InChI is InChI=1S/C15H20FNO4/c1-9(21-11-7-5-6-10(16)8-11)13(18)17-12(14(19)20)15(2,3)4/h5-9,12H,1-4H3,(H,17,18)(H,19,20). The fraction of sp³-hybridized carbons (Fsp3) is 0.467. The number of nitrogens with one attached hydrogen (secondary N) is 1. The molecule has 21 heavy (non-hydrogen) atoms. The van der Waals surface area contributed by atoms with Gasteiger partial charge in [-0.3, -0.25) is 4.79 Å². The van der Waals surface area contributed by atoms with Crippen LogP contribution in [0.2, 0.25) is 0 Å². The van der Waals surface area contributed by atoms with Crippen molar-refractivity contribution < 1.29 is 23.8 Å². The zero-order chi connectivity index (χ0) is 16.2. The number of benzene rings is 1. The van der Waals surface area contributed by atoms with Crippen LogP contribution in [-0.4, -0.2) is 29.1 Å². The highest BCUT2D eigenvalue weighted by atomic mass is 19.1. The minimum atomic E-state index is -1.12. The van der Waals surface area contributed by atoms with Crippen molar-refractivity contribution in [2.75, 3.05) is 0 Å². The molecule has 0 aromatic heterocycles. The number of carboxylic acid groups (broad SMARTS) is 1. The van der Waals surface area contributed by atoms with Crippen molar-refractivity contribution in [1.29, 1.82) is 0 Å². The van der Waals surface area contributed by atoms with Crippen LogP contribution in [0.5, 0.6) is 5.75 Å². The summed E-state index contributed by atoms with van der Waals surface area (Å²) in [5.74, 6) is -1.95. The molecule has 0 bridgehead atoms. The summed E-state index contributed by atoms with van der Waals surface area (Å²) < 4.78 is 18.3. The first-order valence-electron chi connectivity index (χ1n) is 6.56. The van der Waals surface area contributed by atoms with Gasteiger partial charge in [-0.2, -0.15) is 0 Å². The normalized spacial score (nSPS) is 14.1. The van der Waals surface area contributed by atoms with E-state index in [1.807, 2.05) is 0 Å². The van der Waals surface area contributed by atoms with Crippen LogP contribution < -0.4 is 10.1 Å². The van der Waals surface area contributed by atoms with Crippen LogP contribution in [0, 0.1) is 11.2 Å². The number of aliphatic carboxylic acids is 1. The van der Waals surface area contributed by atoms with Crippen LogP contribution in [0.25, 0.3) is 0 Å². The quantitative estimate of drug-likeness (QED) is 0.873. The van der Waals surface area contributed by atoms with Gasteiger partial charge in [0.15, 0.2) is 6.10 Å². The van der Waals surface area contributed by atoms with Crippen molar-refractivity contribution in [3.63, 3.8) is 0 Å². The van der Waals surface area contributed by atoms with Crippen LogP contribution in [0.3, 0.4) is 0 Å². The van der Waals surface area contributed by atoms with Crippen molar-refractivity contribution in [1.82, 2.24) is 5.32 Å². The molecule has 0 fully saturated rings. The molecule has 1 amide bonds. The summed E-state index contributed by atoms with van der Waals surface area (Å²) in [4.78, 5) is 23.2. The molecule has 0 saturated heterocycles. The van der Waals surface area contributed by atoms with Gasteiger partial charge in [0.2, 0.25) is 0 Å². The van der Waals surface area contributed by atoms with Crippen LogP contribution in [0.1, 0.15) is 27.7 Å². The smallest absolute Gasteiger partial charge is 0.326 e. The van der Waals surface area contributed by atoms with Crippen LogP contribution in [0.4, 0.5) is 4.39 Å². The Balaban J connectivity index is 2.72. The Hall–Kier alpha value is -2.11. The molecule has 1 aromatic carbocycles. The first-order valence-corrected chi connectivity index (χ1v) is 6.56. The molecule has 2 atom stereocenters. The SMILES string of the molecule is CC(Oc1cccc(F)c1)C(=O)NC(C(=O)O)C(C)(C)C. The molecule has 0 spiro atoms. The molecule has 0 aliphatic carbocycles. The third kappa shape index (κ3) is 5.06. The lowest BCUT2D eigenvalue weighted by Crippen LogP contribution is -2.52. The molecule has 2 N–H and O–H groups in total. The Bertz CT molecular complexity index is 525. The summed E-state index contributed by atoms with van der Waals surface area (Å²) in [5.41, 5.74) is -0.639. The summed E-state index contributed by atoms with van der Waals surface area (Å²) in [5, 5.41) is 11.6. The largest absolute Gasteiger partial charge is 0.481 e. The van der Waals surface area contributed by atoms with Gasteiger partial charge < -0.3 is 15.2 Å². The minimum Gasteiger partial charge on any atom is -0.481 e. The van der Waals surface area contributed by atoms with E-state index in [9.17, 15) is 14.0 Å². The predicted octanol–water partition coefficient (Wildman–Crippen LogP) is 2.21. The fourth-order valence-electron chi connectivity index (χ4n) is 1.71. The average molecular weight is 297 g/mol. The topological polar surface area (TPSA) is 75.6 Å². The molecule has 5 nitrogen and oxygen atoms in total. The molecular formula is C15H20FNO4. The summed E-state index contributed by atoms with van der Waals surface area (Å²) >= 11 is 0. The van der Waals surface area contributed by atoms with Crippen LogP contribution >= 0.6 is 0 Å². The van der Waals surface area contributed by atoms with Gasteiger partial charge >= 0.3 is 5.97 Å². The first kappa shape index (κ1) is 16.9. The second kappa shape index (κ2) is 6.56. The van der Waals surface area contributed by atoms with E-state index >= 15 is 0 Å². The van der Waals surface area contributed by atoms with Gasteiger partial charge in [-0.1, -0.05) is 26.8 Å². The molecule has 2 unspecified atom stereocenters. The summed E-state index contributed by atoms with van der Waals surface area (Å²) in [7, 11) is 0. The average Bonchev–Trinajstić information content (AvgIpc) is 2.33. The van der Waals surface area contributed by atoms with Crippen LogP contribution in [0.15, 0.2) is 24.3 Å². The van der Waals surface area contributed by atoms with Crippen LogP contribution in [-0.2, 0) is 9.59 Å². The van der Waals surface area contributed by atoms with Gasteiger partial charge in [-0.05, 0) is 24.5 Å². The Morgan fingerprint density at radius 1 is 1.33 bits per heavy atom. The van der Waals surface area contributed by atoms with E-state index in [0.29, 0.717) is 0 Å². The lowest BCUT2D eigenvalue weighted by Gasteiger charge is -2.28. The molecule has 0 radical (unpaired) electrons. The van der Waals surface area contributed by atoms with E-state index in [-0.39, 0.29) is 5.75 Å². The number of halogens is 1. The van der Waals surface area contributed by atoms with Gasteiger partial charge in [0.25, 0.3) is 5.91 Å². The molecule has 0 aliphatic rings. The van der Waals surface area contributed by atoms with Gasteiger partial charge in [0.1, 0.15) is 17.6 Å². The highest BCUT2D eigenvalue weighted by Crippen LogP contribution is 2.20. The summed E-state index contributed by atoms with van der Waals surface area (Å²) in [6, 6.07) is 4.36. The van der Waals surface area contributed by atoms with E-state index in [1.54, 1.807) is 20.8 Å². The van der Waals surface area contributed by atoms with E-state index in [2.05, 4.69) is 5.32 Å². The minimum absolute atomic E-state index is 0.209. The van der Waals surface area contributed by atoms with Gasteiger partial charge in [0.05, 0.1) is 0 Å². The first-order chi connectivity index (χ1) is 9.61. The van der Waals surface area contributed by atoms with Crippen molar-refractivity contribution in [2.45, 2.75) is 39.8 Å². The third-order valence-electron chi connectivity index (χ3n) is 2.88. The van der Waals surface area contributed by atoms with Crippen molar-refractivity contribution in [3.05, 3.63) is 30.1 Å². The maximum atomic E-state index is 13.0. The number of rotatable bonds is 5. The molecule has 0 saturated carbocycles. The van der Waals surface area contributed by atoms with Gasteiger partial charge in [0, 0.05) is 6.07 Å². The van der Waals surface area contributed by atoms with Crippen molar-refractivity contribution in [3.8, 4) is 5.75 Å². The lowest BCUT2D eigenvalue weighted by molar-refractivity contribution is -0.146. The Labute approximate surface area is 123 Å². The molecule has 0 aliphatic heterocycles. The van der Waals surface area contributed by atoms with Crippen molar-refractivity contribution >= 4 is 11.9 Å². The van der Waals surface area contributed by atoms with E-state index < -0.39 is 35.3 Å². The second-order valence-corrected chi connectivity index (χ2v) is 5.86. The lowest BCUT2D eigenvalue weighted by atomic mass is 9.86. The number of hydrogen-bond donors (Lipinski definition) is 2.